The molecule has 4 heteroatoms. The van der Waals surface area contributed by atoms with Gasteiger partial charge in [0.1, 0.15) is 0 Å². The monoisotopic (exact) mass is 239 g/mol. The molecule has 0 spiro atoms. The number of amides is 1. The van der Waals surface area contributed by atoms with Crippen LogP contribution in [0.5, 0.6) is 0 Å². The number of nitrogens with zero attached hydrogens (tertiary/aromatic N) is 1. The van der Waals surface area contributed by atoms with Crippen LogP contribution in [0.4, 0.5) is 0 Å². The SMILES string of the molecule is CCCN(C(=O)[C@@H]1CC[C@H](C(=O)O)C1)C1CC1. The maximum Gasteiger partial charge on any atom is 0.306 e. The molecule has 4 nitrogen and oxygen atoms in total. The van der Waals surface area contributed by atoms with E-state index in [-0.39, 0.29) is 17.7 Å². The Labute approximate surface area is 102 Å². The molecular formula is C13H21NO3. The lowest BCUT2D eigenvalue weighted by Crippen LogP contribution is -2.37. The van der Waals surface area contributed by atoms with Gasteiger partial charge in [0.2, 0.25) is 5.91 Å². The second-order valence-electron chi connectivity index (χ2n) is 5.31. The summed E-state index contributed by atoms with van der Waals surface area (Å²) in [5, 5.41) is 8.95. The molecule has 96 valence electrons. The fourth-order valence-electron chi connectivity index (χ4n) is 2.76. The summed E-state index contributed by atoms with van der Waals surface area (Å²) >= 11 is 0. The molecule has 2 aliphatic carbocycles. The van der Waals surface area contributed by atoms with Crippen molar-refractivity contribution in [1.29, 1.82) is 0 Å². The minimum Gasteiger partial charge on any atom is -0.481 e. The highest BCUT2D eigenvalue weighted by Gasteiger charge is 2.39. The Hall–Kier alpha value is -1.06. The van der Waals surface area contributed by atoms with Crippen LogP contribution in [0, 0.1) is 11.8 Å². The number of hydrogen-bond donors (Lipinski definition) is 1. The van der Waals surface area contributed by atoms with Gasteiger partial charge in [0.15, 0.2) is 0 Å². The largest absolute Gasteiger partial charge is 0.481 e. The predicted molar refractivity (Wildman–Crippen MR) is 63.5 cm³/mol. The summed E-state index contributed by atoms with van der Waals surface area (Å²) in [5.41, 5.74) is 0. The summed E-state index contributed by atoms with van der Waals surface area (Å²) in [6, 6.07) is 0.450. The minimum absolute atomic E-state index is 0.0387. The fraction of sp³-hybridized carbons (Fsp3) is 0.846. The van der Waals surface area contributed by atoms with Crippen molar-refractivity contribution in [3.8, 4) is 0 Å². The van der Waals surface area contributed by atoms with Gasteiger partial charge in [0.05, 0.1) is 5.92 Å². The average molecular weight is 239 g/mol. The summed E-state index contributed by atoms with van der Waals surface area (Å²) < 4.78 is 0. The smallest absolute Gasteiger partial charge is 0.306 e. The van der Waals surface area contributed by atoms with Crippen molar-refractivity contribution in [2.45, 2.75) is 51.5 Å². The Bertz CT molecular complexity index is 312. The van der Waals surface area contributed by atoms with Crippen LogP contribution in [0.1, 0.15) is 45.4 Å². The van der Waals surface area contributed by atoms with Gasteiger partial charge in [-0.25, -0.2) is 0 Å². The summed E-state index contributed by atoms with van der Waals surface area (Å²) in [6.45, 7) is 2.91. The van der Waals surface area contributed by atoms with Crippen LogP contribution in [0.3, 0.4) is 0 Å². The second kappa shape index (κ2) is 5.07. The van der Waals surface area contributed by atoms with Crippen molar-refractivity contribution in [2.75, 3.05) is 6.54 Å². The first-order chi connectivity index (χ1) is 8.13. The van der Waals surface area contributed by atoms with E-state index in [1.807, 2.05) is 4.90 Å². The first-order valence-corrected chi connectivity index (χ1v) is 6.66. The third-order valence-corrected chi connectivity index (χ3v) is 3.87. The number of carboxylic acids is 1. The van der Waals surface area contributed by atoms with E-state index in [0.29, 0.717) is 18.9 Å². The van der Waals surface area contributed by atoms with Crippen molar-refractivity contribution < 1.29 is 14.7 Å². The van der Waals surface area contributed by atoms with Gasteiger partial charge in [-0.1, -0.05) is 6.92 Å². The molecule has 0 radical (unpaired) electrons. The molecule has 0 aromatic rings. The van der Waals surface area contributed by atoms with E-state index in [0.717, 1.165) is 32.2 Å². The molecule has 17 heavy (non-hydrogen) atoms. The van der Waals surface area contributed by atoms with Crippen LogP contribution in [0.2, 0.25) is 0 Å². The number of carbonyl (C=O) groups is 2. The Morgan fingerprint density at radius 3 is 2.29 bits per heavy atom. The van der Waals surface area contributed by atoms with Gasteiger partial charge in [-0.2, -0.15) is 0 Å². The van der Waals surface area contributed by atoms with Crippen LogP contribution in [-0.4, -0.2) is 34.5 Å². The quantitative estimate of drug-likeness (QED) is 0.797. The van der Waals surface area contributed by atoms with Gasteiger partial charge in [0.25, 0.3) is 0 Å². The summed E-state index contributed by atoms with van der Waals surface area (Å²) in [6.07, 6.45) is 5.19. The molecule has 2 atom stereocenters. The van der Waals surface area contributed by atoms with Gasteiger partial charge < -0.3 is 10.0 Å². The van der Waals surface area contributed by atoms with Crippen molar-refractivity contribution in [1.82, 2.24) is 4.90 Å². The highest BCUT2D eigenvalue weighted by molar-refractivity contribution is 5.81. The molecule has 0 aromatic carbocycles. The molecule has 2 fully saturated rings. The Balaban J connectivity index is 1.92. The molecule has 2 rings (SSSR count). The number of carboxylic acid groups (broad SMARTS) is 1. The zero-order chi connectivity index (χ0) is 12.4. The average Bonchev–Trinajstić information content (AvgIpc) is 3.00. The van der Waals surface area contributed by atoms with Gasteiger partial charge in [0, 0.05) is 18.5 Å². The fourth-order valence-corrected chi connectivity index (χ4v) is 2.76. The second-order valence-corrected chi connectivity index (χ2v) is 5.31. The maximum absolute atomic E-state index is 12.3. The standard InChI is InChI=1S/C13H21NO3/c1-2-7-14(11-5-6-11)12(15)9-3-4-10(8-9)13(16)17/h9-11H,2-8H2,1H3,(H,16,17)/t9-,10+/m1/s1. The molecule has 0 bridgehead atoms. The number of aliphatic carboxylic acids is 1. The number of rotatable bonds is 5. The van der Waals surface area contributed by atoms with E-state index >= 15 is 0 Å². The van der Waals surface area contributed by atoms with Crippen LogP contribution in [-0.2, 0) is 9.59 Å². The van der Waals surface area contributed by atoms with E-state index < -0.39 is 5.97 Å². The van der Waals surface area contributed by atoms with Crippen molar-refractivity contribution in [3.63, 3.8) is 0 Å². The molecular weight excluding hydrogens is 218 g/mol. The molecule has 0 aromatic heterocycles. The molecule has 1 N–H and O–H groups in total. The topological polar surface area (TPSA) is 57.6 Å². The van der Waals surface area contributed by atoms with Crippen LogP contribution in [0.25, 0.3) is 0 Å². The molecule has 0 heterocycles. The molecule has 2 aliphatic rings. The van der Waals surface area contributed by atoms with Gasteiger partial charge in [-0.05, 0) is 38.5 Å². The lowest BCUT2D eigenvalue weighted by molar-refractivity contribution is -0.141. The normalized spacial score (nSPS) is 28.1. The van der Waals surface area contributed by atoms with E-state index in [9.17, 15) is 9.59 Å². The van der Waals surface area contributed by atoms with Crippen molar-refractivity contribution >= 4 is 11.9 Å². The third-order valence-electron chi connectivity index (χ3n) is 3.87. The Kier molecular flexibility index (Phi) is 3.69. The zero-order valence-corrected chi connectivity index (χ0v) is 10.4. The van der Waals surface area contributed by atoms with Crippen LogP contribution in [0.15, 0.2) is 0 Å². The third kappa shape index (κ3) is 2.79. The van der Waals surface area contributed by atoms with Crippen LogP contribution < -0.4 is 0 Å². The summed E-state index contributed by atoms with van der Waals surface area (Å²) in [7, 11) is 0. The lowest BCUT2D eigenvalue weighted by Gasteiger charge is -2.25. The molecule has 2 saturated carbocycles. The van der Waals surface area contributed by atoms with Crippen molar-refractivity contribution in [2.24, 2.45) is 11.8 Å². The highest BCUT2D eigenvalue weighted by Crippen LogP contribution is 2.35. The highest BCUT2D eigenvalue weighted by atomic mass is 16.4. The van der Waals surface area contributed by atoms with E-state index in [4.69, 9.17) is 5.11 Å². The lowest BCUT2D eigenvalue weighted by atomic mass is 10.0. The van der Waals surface area contributed by atoms with Gasteiger partial charge in [-0.15, -0.1) is 0 Å². The molecule has 0 saturated heterocycles. The predicted octanol–water partition coefficient (Wildman–Crippen LogP) is 1.89. The van der Waals surface area contributed by atoms with E-state index in [1.54, 1.807) is 0 Å². The van der Waals surface area contributed by atoms with Gasteiger partial charge in [-0.3, -0.25) is 9.59 Å². The van der Waals surface area contributed by atoms with Crippen LogP contribution >= 0.6 is 0 Å². The first kappa shape index (κ1) is 12.4. The first-order valence-electron chi connectivity index (χ1n) is 6.66. The summed E-state index contributed by atoms with van der Waals surface area (Å²) in [5.74, 6) is -0.873. The Morgan fingerprint density at radius 2 is 1.82 bits per heavy atom. The number of hydrogen-bond acceptors (Lipinski definition) is 2. The molecule has 0 aliphatic heterocycles. The number of carbonyl (C=O) groups excluding carboxylic acids is 1. The van der Waals surface area contributed by atoms with E-state index in [2.05, 4.69) is 6.92 Å². The van der Waals surface area contributed by atoms with Gasteiger partial charge >= 0.3 is 5.97 Å². The molecule has 1 amide bonds. The minimum atomic E-state index is -0.742. The van der Waals surface area contributed by atoms with Crippen molar-refractivity contribution in [3.05, 3.63) is 0 Å². The summed E-state index contributed by atoms with van der Waals surface area (Å²) in [4.78, 5) is 25.2. The zero-order valence-electron chi connectivity index (χ0n) is 10.4. The maximum atomic E-state index is 12.3. The van der Waals surface area contributed by atoms with E-state index in [1.165, 1.54) is 0 Å². The molecule has 0 unspecified atom stereocenters. The Morgan fingerprint density at radius 1 is 1.18 bits per heavy atom.